The van der Waals surface area contributed by atoms with Gasteiger partial charge in [-0.05, 0) is 25.2 Å². The number of rotatable bonds is 4. The lowest BCUT2D eigenvalue weighted by Crippen LogP contribution is -2.51. The van der Waals surface area contributed by atoms with Gasteiger partial charge in [-0.15, -0.1) is 0 Å². The van der Waals surface area contributed by atoms with Gasteiger partial charge < -0.3 is 20.5 Å². The van der Waals surface area contributed by atoms with Crippen LogP contribution in [0.3, 0.4) is 0 Å². The van der Waals surface area contributed by atoms with Crippen molar-refractivity contribution in [2.24, 2.45) is 22.5 Å². The lowest BCUT2D eigenvalue weighted by Gasteiger charge is -2.38. The molecule has 120 valence electrons. The monoisotopic (exact) mass is 298 g/mol. The first-order valence-electron chi connectivity index (χ1n) is 7.68. The van der Waals surface area contributed by atoms with E-state index in [4.69, 9.17) is 10.5 Å². The van der Waals surface area contributed by atoms with Gasteiger partial charge in [-0.2, -0.15) is 0 Å². The molecule has 0 radical (unpaired) electrons. The normalized spacial score (nSPS) is 28.9. The van der Waals surface area contributed by atoms with E-state index in [1.165, 1.54) is 0 Å². The van der Waals surface area contributed by atoms with Crippen LogP contribution in [0.1, 0.15) is 33.1 Å². The van der Waals surface area contributed by atoms with Crippen molar-refractivity contribution in [3.63, 3.8) is 0 Å². The Bertz CT molecular complexity index is 418. The molecule has 0 spiro atoms. The number of carbonyl (C=O) groups excluding carboxylic acids is 1. The van der Waals surface area contributed by atoms with Crippen molar-refractivity contribution < 1.29 is 19.4 Å². The summed E-state index contributed by atoms with van der Waals surface area (Å²) in [4.78, 5) is 26.3. The molecule has 0 saturated carbocycles. The molecule has 0 aromatic carbocycles. The second kappa shape index (κ2) is 5.93. The highest BCUT2D eigenvalue weighted by Crippen LogP contribution is 2.41. The van der Waals surface area contributed by atoms with Gasteiger partial charge in [0.1, 0.15) is 0 Å². The molecular weight excluding hydrogens is 272 g/mol. The third-order valence-corrected chi connectivity index (χ3v) is 5.41. The summed E-state index contributed by atoms with van der Waals surface area (Å²) in [5, 5.41) is 9.58. The quantitative estimate of drug-likeness (QED) is 0.797. The van der Waals surface area contributed by atoms with Crippen LogP contribution in [0.25, 0.3) is 0 Å². The predicted octanol–water partition coefficient (Wildman–Crippen LogP) is 0.701. The number of amides is 1. The largest absolute Gasteiger partial charge is 0.481 e. The van der Waals surface area contributed by atoms with Crippen LogP contribution in [0, 0.1) is 16.7 Å². The van der Waals surface area contributed by atoms with Gasteiger partial charge in [0.2, 0.25) is 5.91 Å². The molecule has 2 fully saturated rings. The van der Waals surface area contributed by atoms with Crippen LogP contribution in [0.15, 0.2) is 0 Å². The summed E-state index contributed by atoms with van der Waals surface area (Å²) in [7, 11) is 0. The van der Waals surface area contributed by atoms with Crippen LogP contribution in [0.5, 0.6) is 0 Å². The standard InChI is InChI=1S/C15H26N2O4/c1-11(2)15(13(19)20)3-6-17(10-15)12(18)14(9-16)4-7-21-8-5-14/h11H,3-10,16H2,1-2H3,(H,19,20). The number of nitrogens with zero attached hydrogens (tertiary/aromatic N) is 1. The van der Waals surface area contributed by atoms with Crippen LogP contribution in [0.2, 0.25) is 0 Å². The lowest BCUT2D eigenvalue weighted by molar-refractivity contribution is -0.153. The number of likely N-dealkylation sites (tertiary alicyclic amines) is 1. The van der Waals surface area contributed by atoms with E-state index in [9.17, 15) is 14.7 Å². The first-order chi connectivity index (χ1) is 9.88. The predicted molar refractivity (Wildman–Crippen MR) is 77.6 cm³/mol. The minimum atomic E-state index is -0.823. The topological polar surface area (TPSA) is 92.9 Å². The fourth-order valence-electron chi connectivity index (χ4n) is 3.50. The smallest absolute Gasteiger partial charge is 0.311 e. The molecule has 1 atom stereocenters. The zero-order chi connectivity index (χ0) is 15.7. The Kier molecular flexibility index (Phi) is 4.58. The number of carboxylic acid groups (broad SMARTS) is 1. The van der Waals surface area contributed by atoms with E-state index in [-0.39, 0.29) is 11.8 Å². The zero-order valence-corrected chi connectivity index (χ0v) is 12.9. The second-order valence-electron chi connectivity index (χ2n) is 6.69. The van der Waals surface area contributed by atoms with Crippen molar-refractivity contribution in [2.75, 3.05) is 32.8 Å². The minimum Gasteiger partial charge on any atom is -0.481 e. The maximum atomic E-state index is 12.9. The molecule has 2 heterocycles. The van der Waals surface area contributed by atoms with E-state index >= 15 is 0 Å². The average molecular weight is 298 g/mol. The van der Waals surface area contributed by atoms with Crippen LogP contribution in [-0.2, 0) is 14.3 Å². The Morgan fingerprint density at radius 3 is 2.33 bits per heavy atom. The fourth-order valence-corrected chi connectivity index (χ4v) is 3.50. The molecular formula is C15H26N2O4. The Labute approximate surface area is 125 Å². The molecule has 0 aromatic rings. The number of aliphatic carboxylic acids is 1. The van der Waals surface area contributed by atoms with Gasteiger partial charge >= 0.3 is 5.97 Å². The van der Waals surface area contributed by atoms with E-state index in [2.05, 4.69) is 0 Å². The van der Waals surface area contributed by atoms with Crippen LogP contribution < -0.4 is 5.73 Å². The zero-order valence-electron chi connectivity index (χ0n) is 12.9. The van der Waals surface area contributed by atoms with E-state index in [0.29, 0.717) is 52.1 Å². The second-order valence-corrected chi connectivity index (χ2v) is 6.69. The maximum absolute atomic E-state index is 12.9. The molecule has 0 bridgehead atoms. The fraction of sp³-hybridized carbons (Fsp3) is 0.867. The van der Waals surface area contributed by atoms with Gasteiger partial charge in [0.25, 0.3) is 0 Å². The Morgan fingerprint density at radius 1 is 1.29 bits per heavy atom. The molecule has 2 aliphatic rings. The van der Waals surface area contributed by atoms with Crippen molar-refractivity contribution in [2.45, 2.75) is 33.1 Å². The van der Waals surface area contributed by atoms with Gasteiger partial charge in [-0.1, -0.05) is 13.8 Å². The number of hydrogen-bond acceptors (Lipinski definition) is 4. The van der Waals surface area contributed by atoms with Crippen molar-refractivity contribution in [1.29, 1.82) is 0 Å². The number of carbonyl (C=O) groups is 2. The van der Waals surface area contributed by atoms with Gasteiger partial charge in [0.15, 0.2) is 0 Å². The third kappa shape index (κ3) is 2.66. The van der Waals surface area contributed by atoms with Crippen LogP contribution in [-0.4, -0.2) is 54.7 Å². The highest BCUT2D eigenvalue weighted by Gasteiger charge is 2.51. The first-order valence-corrected chi connectivity index (χ1v) is 7.68. The highest BCUT2D eigenvalue weighted by atomic mass is 16.5. The van der Waals surface area contributed by atoms with Crippen molar-refractivity contribution >= 4 is 11.9 Å². The number of hydrogen-bond donors (Lipinski definition) is 2. The van der Waals surface area contributed by atoms with E-state index in [0.717, 1.165) is 0 Å². The summed E-state index contributed by atoms with van der Waals surface area (Å²) in [6.45, 7) is 6.02. The molecule has 6 nitrogen and oxygen atoms in total. The molecule has 1 unspecified atom stereocenters. The summed E-state index contributed by atoms with van der Waals surface area (Å²) >= 11 is 0. The van der Waals surface area contributed by atoms with E-state index in [1.807, 2.05) is 13.8 Å². The van der Waals surface area contributed by atoms with E-state index in [1.54, 1.807) is 4.90 Å². The van der Waals surface area contributed by atoms with Crippen LogP contribution >= 0.6 is 0 Å². The molecule has 1 amide bonds. The maximum Gasteiger partial charge on any atom is 0.311 e. The average Bonchev–Trinajstić information content (AvgIpc) is 2.93. The van der Waals surface area contributed by atoms with Gasteiger partial charge in [0.05, 0.1) is 10.8 Å². The summed E-state index contributed by atoms with van der Waals surface area (Å²) in [5.74, 6) is -0.796. The SMILES string of the molecule is CC(C)C1(C(=O)O)CCN(C(=O)C2(CN)CCOCC2)C1. The first kappa shape index (κ1) is 16.2. The number of carboxylic acids is 1. The van der Waals surface area contributed by atoms with Crippen molar-refractivity contribution in [3.8, 4) is 0 Å². The minimum absolute atomic E-state index is 0.00341. The summed E-state index contributed by atoms with van der Waals surface area (Å²) in [6, 6.07) is 0. The van der Waals surface area contributed by atoms with E-state index < -0.39 is 16.8 Å². The van der Waals surface area contributed by atoms with Gasteiger partial charge in [0, 0.05) is 32.8 Å². The number of ether oxygens (including phenoxy) is 1. The number of nitrogens with two attached hydrogens (primary N) is 1. The molecule has 2 aliphatic heterocycles. The third-order valence-electron chi connectivity index (χ3n) is 5.41. The van der Waals surface area contributed by atoms with Crippen molar-refractivity contribution in [3.05, 3.63) is 0 Å². The Morgan fingerprint density at radius 2 is 1.90 bits per heavy atom. The summed E-state index contributed by atoms with van der Waals surface area (Å²) < 4.78 is 5.34. The summed E-state index contributed by atoms with van der Waals surface area (Å²) in [5.41, 5.74) is 4.49. The molecule has 2 saturated heterocycles. The van der Waals surface area contributed by atoms with Gasteiger partial charge in [-0.3, -0.25) is 9.59 Å². The van der Waals surface area contributed by atoms with Crippen LogP contribution in [0.4, 0.5) is 0 Å². The Hall–Kier alpha value is -1.14. The molecule has 6 heteroatoms. The molecule has 21 heavy (non-hydrogen) atoms. The van der Waals surface area contributed by atoms with Gasteiger partial charge in [-0.25, -0.2) is 0 Å². The molecule has 3 N–H and O–H groups in total. The lowest BCUT2D eigenvalue weighted by atomic mass is 9.76. The Balaban J connectivity index is 2.16. The van der Waals surface area contributed by atoms with Crippen molar-refractivity contribution in [1.82, 2.24) is 4.90 Å². The highest BCUT2D eigenvalue weighted by molar-refractivity contribution is 5.85. The molecule has 2 rings (SSSR count). The molecule has 0 aliphatic carbocycles. The molecule has 0 aromatic heterocycles. The summed E-state index contributed by atoms with van der Waals surface area (Å²) in [6.07, 6.45) is 1.77.